The van der Waals surface area contributed by atoms with Gasteiger partial charge < -0.3 is 19.5 Å². The molecule has 1 aromatic rings. The lowest BCUT2D eigenvalue weighted by molar-refractivity contribution is -0.158. The second-order valence-corrected chi connectivity index (χ2v) is 7.24. The number of amides is 1. The van der Waals surface area contributed by atoms with Crippen LogP contribution in [0.5, 0.6) is 0 Å². The summed E-state index contributed by atoms with van der Waals surface area (Å²) >= 11 is 0. The van der Waals surface area contributed by atoms with Crippen molar-refractivity contribution < 1.29 is 28.6 Å². The molecule has 1 aromatic carbocycles. The predicted molar refractivity (Wildman–Crippen MR) is 107 cm³/mol. The van der Waals surface area contributed by atoms with Crippen LogP contribution in [0, 0.1) is 11.8 Å². The van der Waals surface area contributed by atoms with Crippen molar-refractivity contribution in [1.82, 2.24) is 5.32 Å². The van der Waals surface area contributed by atoms with Crippen molar-refractivity contribution in [3.63, 3.8) is 0 Å². The maximum atomic E-state index is 12.6. The van der Waals surface area contributed by atoms with Crippen LogP contribution < -0.4 is 5.32 Å². The molecule has 29 heavy (non-hydrogen) atoms. The number of rotatable bonds is 3. The molecular formula is C22H29NO6. The summed E-state index contributed by atoms with van der Waals surface area (Å²) in [6.45, 7) is 3.51. The Labute approximate surface area is 171 Å². The lowest BCUT2D eigenvalue weighted by atomic mass is 10.0. The van der Waals surface area contributed by atoms with Crippen LogP contribution in [-0.2, 0) is 35.0 Å². The van der Waals surface area contributed by atoms with Crippen molar-refractivity contribution in [2.24, 2.45) is 11.8 Å². The van der Waals surface area contributed by atoms with Gasteiger partial charge in [-0.15, -0.1) is 0 Å². The first-order chi connectivity index (χ1) is 13.9. The Morgan fingerprint density at radius 2 is 1.72 bits per heavy atom. The fourth-order valence-electron chi connectivity index (χ4n) is 2.93. The third kappa shape index (κ3) is 7.34. The SMILES string of the molecule is CO[C@H]1COC(=O)[C@@H](C)COC(=O)[C@@H](Cc2ccccc2)NC(=O)C/C=C/[C@@H]1C. The van der Waals surface area contributed by atoms with Gasteiger partial charge in [0.15, 0.2) is 0 Å². The molecule has 0 radical (unpaired) electrons. The molecule has 1 N–H and O–H groups in total. The summed E-state index contributed by atoms with van der Waals surface area (Å²) in [6.07, 6.45) is 3.66. The van der Waals surface area contributed by atoms with Crippen LogP contribution in [0.1, 0.15) is 25.8 Å². The summed E-state index contributed by atoms with van der Waals surface area (Å²) in [5.41, 5.74) is 0.896. The molecule has 0 unspecified atom stereocenters. The Morgan fingerprint density at radius 1 is 1.03 bits per heavy atom. The Bertz CT molecular complexity index is 717. The van der Waals surface area contributed by atoms with Crippen LogP contribution in [0.25, 0.3) is 0 Å². The molecule has 0 fully saturated rings. The van der Waals surface area contributed by atoms with E-state index in [0.29, 0.717) is 6.42 Å². The van der Waals surface area contributed by atoms with E-state index in [4.69, 9.17) is 14.2 Å². The molecule has 7 heteroatoms. The van der Waals surface area contributed by atoms with E-state index in [1.54, 1.807) is 20.1 Å². The standard InChI is InChI=1S/C22H29NO6/c1-15-8-7-11-20(24)23-18(12-17-9-5-4-6-10-17)22(26)28-13-16(2)21(25)29-14-19(15)27-3/h4-10,15-16,18-19H,11-14H2,1-3H3,(H,23,24)/b8-7+/t15-,16-,18+,19-/m0/s1. The molecule has 0 saturated heterocycles. The number of carbonyl (C=O) groups is 3. The largest absolute Gasteiger partial charge is 0.463 e. The molecule has 1 aliphatic heterocycles. The third-order valence-electron chi connectivity index (χ3n) is 4.80. The molecule has 1 amide bonds. The predicted octanol–water partition coefficient (Wildman–Crippen LogP) is 2.05. The Hall–Kier alpha value is -2.67. The summed E-state index contributed by atoms with van der Waals surface area (Å²) in [5.74, 6) is -2.01. The van der Waals surface area contributed by atoms with E-state index < -0.39 is 23.9 Å². The number of ether oxygens (including phenoxy) is 3. The number of cyclic esters (lactones) is 2. The van der Waals surface area contributed by atoms with E-state index in [1.165, 1.54) is 0 Å². The molecule has 7 nitrogen and oxygen atoms in total. The summed E-state index contributed by atoms with van der Waals surface area (Å²) in [4.78, 5) is 37.1. The van der Waals surface area contributed by atoms with Gasteiger partial charge in [0.2, 0.25) is 5.91 Å². The van der Waals surface area contributed by atoms with Gasteiger partial charge in [0.1, 0.15) is 19.3 Å². The zero-order valence-electron chi connectivity index (χ0n) is 17.1. The minimum absolute atomic E-state index is 0.0565. The van der Waals surface area contributed by atoms with Gasteiger partial charge >= 0.3 is 11.9 Å². The van der Waals surface area contributed by atoms with Crippen LogP contribution in [0.2, 0.25) is 0 Å². The van der Waals surface area contributed by atoms with Gasteiger partial charge in [-0.2, -0.15) is 0 Å². The van der Waals surface area contributed by atoms with Crippen LogP contribution in [0.3, 0.4) is 0 Å². The fourth-order valence-corrected chi connectivity index (χ4v) is 2.93. The Kier molecular flexibility index (Phi) is 8.86. The average molecular weight is 403 g/mol. The van der Waals surface area contributed by atoms with Gasteiger partial charge in [-0.1, -0.05) is 49.4 Å². The van der Waals surface area contributed by atoms with E-state index in [0.717, 1.165) is 5.56 Å². The maximum Gasteiger partial charge on any atom is 0.329 e. The molecule has 1 heterocycles. The Morgan fingerprint density at radius 3 is 2.41 bits per heavy atom. The summed E-state index contributed by atoms with van der Waals surface area (Å²) < 4.78 is 16.0. The second-order valence-electron chi connectivity index (χ2n) is 7.24. The van der Waals surface area contributed by atoms with Crippen molar-refractivity contribution >= 4 is 17.8 Å². The van der Waals surface area contributed by atoms with Crippen LogP contribution in [0.15, 0.2) is 42.5 Å². The average Bonchev–Trinajstić information content (AvgIpc) is 2.71. The van der Waals surface area contributed by atoms with Crippen molar-refractivity contribution in [3.05, 3.63) is 48.0 Å². The summed E-state index contributed by atoms with van der Waals surface area (Å²) in [7, 11) is 1.54. The molecule has 0 saturated carbocycles. The Balaban J connectivity index is 2.17. The molecular weight excluding hydrogens is 374 g/mol. The normalized spacial score (nSPS) is 28.3. The first kappa shape index (κ1) is 22.6. The van der Waals surface area contributed by atoms with Crippen LogP contribution >= 0.6 is 0 Å². The van der Waals surface area contributed by atoms with Gasteiger partial charge in [0.05, 0.1) is 12.0 Å². The number of esters is 2. The second kappa shape index (κ2) is 11.4. The molecule has 2 rings (SSSR count). The first-order valence-electron chi connectivity index (χ1n) is 9.76. The highest BCUT2D eigenvalue weighted by atomic mass is 16.6. The summed E-state index contributed by atoms with van der Waals surface area (Å²) in [5, 5.41) is 2.74. The highest BCUT2D eigenvalue weighted by Gasteiger charge is 2.26. The van der Waals surface area contributed by atoms with Gasteiger partial charge in [0, 0.05) is 25.9 Å². The highest BCUT2D eigenvalue weighted by Crippen LogP contribution is 2.12. The molecule has 0 spiro atoms. The smallest absolute Gasteiger partial charge is 0.329 e. The molecule has 0 aliphatic carbocycles. The third-order valence-corrected chi connectivity index (χ3v) is 4.80. The van der Waals surface area contributed by atoms with E-state index in [2.05, 4.69) is 5.32 Å². The molecule has 158 valence electrons. The lowest BCUT2D eigenvalue weighted by Gasteiger charge is -2.21. The summed E-state index contributed by atoms with van der Waals surface area (Å²) in [6, 6.07) is 8.52. The molecule has 1 aliphatic rings. The van der Waals surface area contributed by atoms with Crippen molar-refractivity contribution in [2.45, 2.75) is 38.8 Å². The number of benzene rings is 1. The number of carbonyl (C=O) groups excluding carboxylic acids is 3. The van der Waals surface area contributed by atoms with Crippen molar-refractivity contribution in [3.8, 4) is 0 Å². The van der Waals surface area contributed by atoms with E-state index in [9.17, 15) is 14.4 Å². The van der Waals surface area contributed by atoms with E-state index in [-0.39, 0.29) is 37.6 Å². The number of methoxy groups -OCH3 is 1. The number of hydrogen-bond acceptors (Lipinski definition) is 6. The van der Waals surface area contributed by atoms with Crippen molar-refractivity contribution in [1.29, 1.82) is 0 Å². The van der Waals surface area contributed by atoms with Gasteiger partial charge in [-0.05, 0) is 12.5 Å². The zero-order chi connectivity index (χ0) is 21.2. The fraction of sp³-hybridized carbons (Fsp3) is 0.500. The maximum absolute atomic E-state index is 12.6. The highest BCUT2D eigenvalue weighted by molar-refractivity contribution is 5.85. The van der Waals surface area contributed by atoms with Crippen molar-refractivity contribution in [2.75, 3.05) is 20.3 Å². The van der Waals surface area contributed by atoms with E-state index >= 15 is 0 Å². The molecule has 4 atom stereocenters. The topological polar surface area (TPSA) is 90.9 Å². The van der Waals surface area contributed by atoms with Gasteiger partial charge in [-0.25, -0.2) is 4.79 Å². The minimum Gasteiger partial charge on any atom is -0.463 e. The van der Waals surface area contributed by atoms with Crippen LogP contribution in [-0.4, -0.2) is 50.3 Å². The minimum atomic E-state index is -0.837. The number of hydrogen-bond donors (Lipinski definition) is 1. The first-order valence-corrected chi connectivity index (χ1v) is 9.76. The van der Waals surface area contributed by atoms with Gasteiger partial charge in [-0.3, -0.25) is 9.59 Å². The lowest BCUT2D eigenvalue weighted by Crippen LogP contribution is -2.43. The quantitative estimate of drug-likeness (QED) is 0.614. The van der Waals surface area contributed by atoms with Gasteiger partial charge in [0.25, 0.3) is 0 Å². The molecule has 0 bridgehead atoms. The van der Waals surface area contributed by atoms with Crippen LogP contribution in [0.4, 0.5) is 0 Å². The molecule has 0 aromatic heterocycles. The number of nitrogens with one attached hydrogen (secondary N) is 1. The zero-order valence-corrected chi connectivity index (χ0v) is 17.1. The monoisotopic (exact) mass is 403 g/mol. The van der Waals surface area contributed by atoms with E-state index in [1.807, 2.05) is 43.3 Å².